The summed E-state index contributed by atoms with van der Waals surface area (Å²) in [7, 11) is 0. The maximum atomic E-state index is 9.01. The van der Waals surface area contributed by atoms with Crippen LogP contribution in [0.25, 0.3) is 0 Å². The third-order valence-corrected chi connectivity index (χ3v) is 1.40. The Kier molecular flexibility index (Phi) is 1.91. The van der Waals surface area contributed by atoms with Gasteiger partial charge in [-0.15, -0.1) is 15.8 Å². The lowest BCUT2D eigenvalue weighted by Crippen LogP contribution is -2.45. The first-order valence-electron chi connectivity index (χ1n) is 3.12. The Balaban J connectivity index is 3.05. The molecule has 0 unspecified atom stereocenters. The fraction of sp³-hybridized carbons (Fsp3) is 0. The van der Waals surface area contributed by atoms with Gasteiger partial charge >= 0.3 is 41.4 Å². The Morgan fingerprint density at radius 2 is 1.69 bits per heavy atom. The van der Waals surface area contributed by atoms with Gasteiger partial charge in [-0.1, -0.05) is 5.41 Å². The van der Waals surface area contributed by atoms with E-state index in [9.17, 15) is 0 Å². The van der Waals surface area contributed by atoms with Gasteiger partial charge in [0.15, 0.2) is 0 Å². The van der Waals surface area contributed by atoms with Crippen LogP contribution >= 0.6 is 0 Å². The smallest absolute Gasteiger partial charge is 0.241 e. The van der Waals surface area contributed by atoms with Gasteiger partial charge < -0.3 is 0 Å². The molecular formula is C7H2N6+2. The Morgan fingerprint density at radius 3 is 2.15 bits per heavy atom. The van der Waals surface area contributed by atoms with Crippen molar-refractivity contribution in [2.75, 3.05) is 0 Å². The van der Waals surface area contributed by atoms with Crippen LogP contribution in [0.3, 0.4) is 0 Å². The molecule has 6 heteroatoms. The number of nitrogens with one attached hydrogen (secondary N) is 2. The lowest BCUT2D eigenvalue weighted by atomic mass is 9.88. The molecule has 0 atom stereocenters. The molecule has 1 heterocycles. The molecule has 0 aromatic heterocycles. The van der Waals surface area contributed by atoms with Crippen molar-refractivity contribution < 1.29 is 0 Å². The van der Waals surface area contributed by atoms with Crippen LogP contribution in [0.5, 0.6) is 0 Å². The molecule has 0 aromatic rings. The SMILES string of the molecule is [N]=C1[N]C(=N)[C+](C#N)C(=N)[C+]1C#N. The van der Waals surface area contributed by atoms with E-state index in [0.29, 0.717) is 0 Å². The molecule has 1 aliphatic heterocycles. The van der Waals surface area contributed by atoms with E-state index in [1.54, 1.807) is 6.07 Å². The molecule has 1 rings (SSSR count). The predicted molar refractivity (Wildman–Crippen MR) is 42.4 cm³/mol. The van der Waals surface area contributed by atoms with Crippen LogP contribution in [-0.4, -0.2) is 17.4 Å². The Labute approximate surface area is 74.3 Å². The van der Waals surface area contributed by atoms with Gasteiger partial charge in [0, 0.05) is 0 Å². The summed E-state index contributed by atoms with van der Waals surface area (Å²) in [6.45, 7) is 0. The number of nitriles is 2. The quantitative estimate of drug-likeness (QED) is 0.451. The molecule has 6 nitrogen and oxygen atoms in total. The molecule has 0 saturated carbocycles. The molecule has 1 saturated heterocycles. The zero-order valence-electron chi connectivity index (χ0n) is 6.29. The highest BCUT2D eigenvalue weighted by Gasteiger charge is 2.61. The number of hydrogen-bond donors (Lipinski definition) is 2. The van der Waals surface area contributed by atoms with Crippen molar-refractivity contribution in [2.24, 2.45) is 0 Å². The maximum Gasteiger partial charge on any atom is 0.428 e. The zero-order valence-corrected chi connectivity index (χ0v) is 6.29. The molecule has 13 heavy (non-hydrogen) atoms. The fourth-order valence-corrected chi connectivity index (χ4v) is 0.788. The van der Waals surface area contributed by atoms with Crippen LogP contribution < -0.4 is 10.7 Å². The topological polar surface area (TPSA) is 132 Å². The molecule has 0 aromatic carbocycles. The standard InChI is InChI=1S/C7H2N6/c8-1-3-5(10)4(2-9)7(12)13-6(3)11/h10-11H/q+2. The van der Waals surface area contributed by atoms with Crippen LogP contribution in [-0.2, 0) is 0 Å². The lowest BCUT2D eigenvalue weighted by molar-refractivity contribution is 1.17. The van der Waals surface area contributed by atoms with E-state index in [0.717, 1.165) is 0 Å². The van der Waals surface area contributed by atoms with E-state index < -0.39 is 17.4 Å². The summed E-state index contributed by atoms with van der Waals surface area (Å²) in [5.74, 6) is -1.87. The summed E-state index contributed by atoms with van der Waals surface area (Å²) in [4.78, 5) is 0. The van der Waals surface area contributed by atoms with Crippen molar-refractivity contribution in [1.29, 1.82) is 21.3 Å². The first-order valence-corrected chi connectivity index (χ1v) is 3.12. The van der Waals surface area contributed by atoms with Gasteiger partial charge in [0.1, 0.15) is 0 Å². The minimum absolute atomic E-state index is 0.311. The molecule has 0 bridgehead atoms. The summed E-state index contributed by atoms with van der Waals surface area (Å²) in [6, 6.07) is 3.10. The third kappa shape index (κ3) is 1.17. The van der Waals surface area contributed by atoms with Crippen LogP contribution in [0.2, 0.25) is 0 Å². The van der Waals surface area contributed by atoms with Gasteiger partial charge in [-0.2, -0.15) is 0 Å². The minimum atomic E-state index is -0.684. The third-order valence-electron chi connectivity index (χ3n) is 1.40. The first kappa shape index (κ1) is 8.62. The van der Waals surface area contributed by atoms with E-state index in [2.05, 4.69) is 5.32 Å². The molecule has 2 radical (unpaired) electrons. The van der Waals surface area contributed by atoms with Gasteiger partial charge in [-0.05, 0) is 0 Å². The highest BCUT2D eigenvalue weighted by atomic mass is 15.0. The van der Waals surface area contributed by atoms with E-state index >= 15 is 0 Å². The van der Waals surface area contributed by atoms with Gasteiger partial charge in [-0.3, -0.25) is 0 Å². The molecule has 2 N–H and O–H groups in total. The van der Waals surface area contributed by atoms with E-state index in [1.165, 1.54) is 6.07 Å². The monoisotopic (exact) mass is 170 g/mol. The van der Waals surface area contributed by atoms with Gasteiger partial charge in [0.2, 0.25) is 0 Å². The number of rotatable bonds is 0. The van der Waals surface area contributed by atoms with Gasteiger partial charge in [0.25, 0.3) is 0 Å². The molecule has 0 aliphatic carbocycles. The van der Waals surface area contributed by atoms with Crippen molar-refractivity contribution in [3.63, 3.8) is 0 Å². The molecule has 58 valence electrons. The van der Waals surface area contributed by atoms with Crippen molar-refractivity contribution in [3.05, 3.63) is 11.8 Å². The lowest BCUT2D eigenvalue weighted by Gasteiger charge is -2.00. The fourth-order valence-electron chi connectivity index (χ4n) is 0.788. The van der Waals surface area contributed by atoms with Crippen molar-refractivity contribution in [2.45, 2.75) is 0 Å². The van der Waals surface area contributed by atoms with E-state index in [1.807, 2.05) is 0 Å². The number of piperidine rings is 1. The predicted octanol–water partition coefficient (Wildman–Crippen LogP) is -1.00. The minimum Gasteiger partial charge on any atom is -0.241 e. The van der Waals surface area contributed by atoms with Crippen LogP contribution in [0, 0.1) is 45.3 Å². The summed E-state index contributed by atoms with van der Waals surface area (Å²) < 4.78 is 0. The van der Waals surface area contributed by atoms with E-state index in [-0.39, 0.29) is 11.8 Å². The van der Waals surface area contributed by atoms with Crippen molar-refractivity contribution in [3.8, 4) is 12.1 Å². The summed E-state index contributed by atoms with van der Waals surface area (Å²) >= 11 is 0. The highest BCUT2D eigenvalue weighted by Crippen LogP contribution is 2.17. The molecule has 0 amide bonds. The Morgan fingerprint density at radius 1 is 1.15 bits per heavy atom. The second-order valence-corrected chi connectivity index (χ2v) is 2.13. The van der Waals surface area contributed by atoms with Gasteiger partial charge in [-0.25, -0.2) is 10.8 Å². The van der Waals surface area contributed by atoms with Gasteiger partial charge in [0.05, 0.1) is 0 Å². The first-order chi connectivity index (χ1) is 6.11. The Bertz CT molecular complexity index is 333. The van der Waals surface area contributed by atoms with E-state index in [4.69, 9.17) is 26.8 Å². The zero-order chi connectivity index (χ0) is 10.0. The second-order valence-electron chi connectivity index (χ2n) is 2.13. The van der Waals surface area contributed by atoms with Crippen LogP contribution in [0.15, 0.2) is 0 Å². The molecular weight excluding hydrogens is 168 g/mol. The van der Waals surface area contributed by atoms with Crippen LogP contribution in [0.1, 0.15) is 0 Å². The number of hydrogen-bond acceptors (Lipinski definition) is 4. The average Bonchev–Trinajstić information content (AvgIpc) is 2.04. The number of nitrogens with zero attached hydrogens (tertiary/aromatic N) is 4. The molecule has 1 fully saturated rings. The summed E-state index contributed by atoms with van der Waals surface area (Å²) in [5.41, 5.74) is -0.456. The summed E-state index contributed by atoms with van der Waals surface area (Å²) in [5, 5.41) is 43.6. The molecule has 1 aliphatic rings. The maximum absolute atomic E-state index is 9.01. The average molecular weight is 170 g/mol. The Hall–Kier alpha value is -2.47. The van der Waals surface area contributed by atoms with Crippen LogP contribution in [0.4, 0.5) is 0 Å². The van der Waals surface area contributed by atoms with Crippen molar-refractivity contribution >= 4 is 17.4 Å². The summed E-state index contributed by atoms with van der Waals surface area (Å²) in [6.07, 6.45) is 0. The normalized spacial score (nSPS) is 16.3. The second kappa shape index (κ2) is 2.88. The largest absolute Gasteiger partial charge is 0.428 e. The van der Waals surface area contributed by atoms with Crippen molar-refractivity contribution in [1.82, 2.24) is 10.7 Å². The molecule has 0 spiro atoms. The highest BCUT2D eigenvalue weighted by molar-refractivity contribution is 6.41. The number of amidine groups is 2.